The zero-order valence-electron chi connectivity index (χ0n) is 38.7. The first-order valence-corrected chi connectivity index (χ1v) is 15.8. The number of para-hydroxylation sites is 1. The SMILES string of the molecule is [2H]c1c([2H])c([2H])c(-c2c3c([2H])c([2H])c([2H])c([2H])c3c(-c3ccc4cc(-c5cccc6c5oc5ccc(-c7ccccc7)cc56)ccc4c3)c3c([2H])c([2H])c([2H])c([2H])c23)c([2H])c1[2H]. The summed E-state index contributed by atoms with van der Waals surface area (Å²) < 4.78 is 121. The van der Waals surface area contributed by atoms with Crippen molar-refractivity contribution in [2.24, 2.45) is 0 Å². The van der Waals surface area contributed by atoms with Crippen molar-refractivity contribution in [3.05, 3.63) is 182 Å². The molecule has 0 saturated heterocycles. The van der Waals surface area contributed by atoms with Crippen LogP contribution in [-0.4, -0.2) is 0 Å². The fourth-order valence-electron chi connectivity index (χ4n) is 6.94. The van der Waals surface area contributed by atoms with Gasteiger partial charge >= 0.3 is 0 Å². The predicted molar refractivity (Wildman–Crippen MR) is 208 cm³/mol. The van der Waals surface area contributed by atoms with Crippen molar-refractivity contribution in [2.75, 3.05) is 0 Å². The number of rotatable bonds is 4. The van der Waals surface area contributed by atoms with E-state index in [-0.39, 0.29) is 32.7 Å². The Morgan fingerprint density at radius 2 is 0.959 bits per heavy atom. The van der Waals surface area contributed by atoms with E-state index < -0.39 is 84.1 Å². The summed E-state index contributed by atoms with van der Waals surface area (Å²) >= 11 is 0. The quantitative estimate of drug-likeness (QED) is 0.175. The van der Waals surface area contributed by atoms with E-state index in [2.05, 4.69) is 18.2 Å². The normalized spacial score (nSPS) is 15.4. The van der Waals surface area contributed by atoms with E-state index in [9.17, 15) is 5.48 Å². The molecule has 0 N–H and O–H groups in total. The minimum Gasteiger partial charge on any atom is -0.455 e. The highest BCUT2D eigenvalue weighted by Crippen LogP contribution is 2.44. The van der Waals surface area contributed by atoms with Crippen LogP contribution in [0.4, 0.5) is 0 Å². The number of fused-ring (bicyclic) bond motifs is 6. The molecule has 1 nitrogen and oxygen atoms in total. The molecule has 0 fully saturated rings. The third-order valence-corrected chi connectivity index (χ3v) is 9.17. The highest BCUT2D eigenvalue weighted by molar-refractivity contribution is 6.21. The van der Waals surface area contributed by atoms with Gasteiger partial charge in [0.25, 0.3) is 0 Å². The summed E-state index contributed by atoms with van der Waals surface area (Å²) in [6.45, 7) is 0. The van der Waals surface area contributed by atoms with Crippen LogP contribution in [0.2, 0.25) is 0 Å². The molecule has 49 heavy (non-hydrogen) atoms. The van der Waals surface area contributed by atoms with Crippen molar-refractivity contribution >= 4 is 54.3 Å². The largest absolute Gasteiger partial charge is 0.455 e. The van der Waals surface area contributed by atoms with E-state index in [1.165, 1.54) is 0 Å². The van der Waals surface area contributed by atoms with Gasteiger partial charge in [0.1, 0.15) is 11.2 Å². The van der Waals surface area contributed by atoms with E-state index in [4.69, 9.17) is 16.8 Å². The predicted octanol–water partition coefficient (Wildman–Crippen LogP) is 13.7. The van der Waals surface area contributed by atoms with Gasteiger partial charge in [-0.15, -0.1) is 0 Å². The maximum atomic E-state index is 9.25. The Bertz CT molecular complexity index is 3510. The molecule has 0 bridgehead atoms. The van der Waals surface area contributed by atoms with Crippen LogP contribution in [-0.2, 0) is 0 Å². The molecule has 0 aliphatic heterocycles. The number of benzene rings is 9. The standard InChI is InChI=1S/C48H30O/c1-3-12-31(13-4-1)35-26-27-45-44(30-35)43-21-11-20-38(48(43)49-45)36-24-22-34-29-37(25-23-33(34)28-36)47-41-18-9-7-16-39(41)46(32-14-5-2-6-15-32)40-17-8-10-19-42(40)47/h1-30H/i2D,5D,6D,7D,8D,9D,10D,14D,15D,16D,17D,18D,19D. The molecule has 0 amide bonds. The second-order valence-corrected chi connectivity index (χ2v) is 11.9. The van der Waals surface area contributed by atoms with Gasteiger partial charge in [-0.05, 0) is 95.5 Å². The minimum absolute atomic E-state index is 0.0815. The van der Waals surface area contributed by atoms with Gasteiger partial charge in [-0.2, -0.15) is 0 Å². The molecule has 0 spiro atoms. The van der Waals surface area contributed by atoms with Crippen LogP contribution in [0.1, 0.15) is 17.8 Å². The fraction of sp³-hybridized carbons (Fsp3) is 0. The van der Waals surface area contributed by atoms with Crippen LogP contribution in [0.3, 0.4) is 0 Å². The van der Waals surface area contributed by atoms with Crippen LogP contribution in [0.15, 0.2) is 186 Å². The molecule has 228 valence electrons. The average Bonchev–Trinajstić information content (AvgIpc) is 3.67. The molecular weight excluding hydrogens is 593 g/mol. The van der Waals surface area contributed by atoms with Gasteiger partial charge in [0, 0.05) is 16.3 Å². The molecular formula is C48H30O. The first-order valence-electron chi connectivity index (χ1n) is 22.3. The van der Waals surface area contributed by atoms with Crippen LogP contribution < -0.4 is 0 Å². The summed E-state index contributed by atoms with van der Waals surface area (Å²) in [7, 11) is 0. The number of hydrogen-bond acceptors (Lipinski definition) is 1. The van der Waals surface area contributed by atoms with Crippen LogP contribution in [0, 0.1) is 0 Å². The Morgan fingerprint density at radius 3 is 1.65 bits per heavy atom. The summed E-state index contributed by atoms with van der Waals surface area (Å²) in [5.41, 5.74) is 5.09. The molecule has 0 saturated carbocycles. The lowest BCUT2D eigenvalue weighted by Crippen LogP contribution is -1.90. The summed E-state index contributed by atoms with van der Waals surface area (Å²) in [5, 5.41) is 2.73. The van der Waals surface area contributed by atoms with E-state index in [0.717, 1.165) is 49.6 Å². The van der Waals surface area contributed by atoms with Crippen LogP contribution in [0.5, 0.6) is 0 Å². The Morgan fingerprint density at radius 1 is 0.367 bits per heavy atom. The van der Waals surface area contributed by atoms with Gasteiger partial charge in [-0.3, -0.25) is 0 Å². The second-order valence-electron chi connectivity index (χ2n) is 11.9. The van der Waals surface area contributed by atoms with Gasteiger partial charge in [-0.1, -0.05) is 157 Å². The molecule has 10 rings (SSSR count). The maximum absolute atomic E-state index is 9.25. The van der Waals surface area contributed by atoms with E-state index in [0.29, 0.717) is 10.9 Å². The van der Waals surface area contributed by atoms with E-state index in [1.807, 2.05) is 72.8 Å². The smallest absolute Gasteiger partial charge is 0.143 e. The second kappa shape index (κ2) is 11.1. The van der Waals surface area contributed by atoms with Crippen molar-refractivity contribution in [3.8, 4) is 44.5 Å². The molecule has 0 atom stereocenters. The first-order chi connectivity index (χ1) is 29.7. The van der Waals surface area contributed by atoms with Crippen molar-refractivity contribution in [1.82, 2.24) is 0 Å². The molecule has 0 aliphatic carbocycles. The molecule has 0 unspecified atom stereocenters. The highest BCUT2D eigenvalue weighted by Gasteiger charge is 2.17. The Balaban J connectivity index is 1.24. The molecule has 1 heterocycles. The van der Waals surface area contributed by atoms with Gasteiger partial charge in [-0.25, -0.2) is 0 Å². The van der Waals surface area contributed by atoms with Crippen molar-refractivity contribution in [2.45, 2.75) is 0 Å². The van der Waals surface area contributed by atoms with Gasteiger partial charge in [0.05, 0.1) is 17.8 Å². The van der Waals surface area contributed by atoms with Gasteiger partial charge < -0.3 is 4.42 Å². The van der Waals surface area contributed by atoms with Crippen molar-refractivity contribution < 1.29 is 22.2 Å². The topological polar surface area (TPSA) is 13.1 Å². The lowest BCUT2D eigenvalue weighted by molar-refractivity contribution is 0.670. The molecule has 10 aromatic rings. The average molecular weight is 636 g/mol. The lowest BCUT2D eigenvalue weighted by atomic mass is 9.85. The third kappa shape index (κ3) is 4.47. The lowest BCUT2D eigenvalue weighted by Gasteiger charge is -2.18. The zero-order valence-corrected chi connectivity index (χ0v) is 25.7. The zero-order chi connectivity index (χ0) is 43.6. The van der Waals surface area contributed by atoms with Crippen LogP contribution in [0.25, 0.3) is 98.8 Å². The summed E-state index contributed by atoms with van der Waals surface area (Å²) in [6.07, 6.45) is 0. The summed E-state index contributed by atoms with van der Waals surface area (Å²) in [6, 6.07) is 25.2. The summed E-state index contributed by atoms with van der Waals surface area (Å²) in [5.74, 6) is 0. The van der Waals surface area contributed by atoms with Crippen molar-refractivity contribution in [3.63, 3.8) is 0 Å². The van der Waals surface area contributed by atoms with Crippen molar-refractivity contribution in [1.29, 1.82) is 0 Å². The third-order valence-electron chi connectivity index (χ3n) is 9.17. The maximum Gasteiger partial charge on any atom is 0.143 e. The summed E-state index contributed by atoms with van der Waals surface area (Å²) in [4.78, 5) is 0. The Kier molecular flexibility index (Phi) is 3.99. The molecule has 0 radical (unpaired) electrons. The van der Waals surface area contributed by atoms with E-state index >= 15 is 0 Å². The van der Waals surface area contributed by atoms with Gasteiger partial charge in [0.2, 0.25) is 0 Å². The van der Waals surface area contributed by atoms with Gasteiger partial charge in [0.15, 0.2) is 0 Å². The Labute approximate surface area is 302 Å². The van der Waals surface area contributed by atoms with E-state index in [1.54, 1.807) is 12.1 Å². The number of furan rings is 1. The monoisotopic (exact) mass is 635 g/mol. The molecule has 0 aliphatic rings. The molecule has 9 aromatic carbocycles. The fourth-order valence-corrected chi connectivity index (χ4v) is 6.94. The number of hydrogen-bond donors (Lipinski definition) is 0. The first kappa shape index (κ1) is 17.6. The molecule has 1 aromatic heterocycles. The molecule has 1 heteroatoms. The Hall–Kier alpha value is -6.44. The highest BCUT2D eigenvalue weighted by atomic mass is 16.3. The van der Waals surface area contributed by atoms with Crippen LogP contribution >= 0.6 is 0 Å². The minimum atomic E-state index is -0.712.